The summed E-state index contributed by atoms with van der Waals surface area (Å²) in [6.45, 7) is 1.78. The average Bonchev–Trinajstić information content (AvgIpc) is 2.14. The summed E-state index contributed by atoms with van der Waals surface area (Å²) in [5.74, 6) is 0.0568. The van der Waals surface area contributed by atoms with Gasteiger partial charge in [-0.1, -0.05) is 23.2 Å². The largest absolute Gasteiger partial charge is 0.212 e. The molecule has 0 unspecified atom stereocenters. The second kappa shape index (κ2) is 5.16. The molecule has 0 aliphatic rings. The summed E-state index contributed by atoms with van der Waals surface area (Å²) in [5.41, 5.74) is 0.740. The SMILES string of the molecule is CCS(=O)(=O)NCc1cc(Cl)cc(Cl)c1. The second-order valence-electron chi connectivity index (χ2n) is 3.00. The van der Waals surface area contributed by atoms with Crippen molar-refractivity contribution in [1.29, 1.82) is 0 Å². The number of benzene rings is 1. The summed E-state index contributed by atoms with van der Waals surface area (Å²) in [4.78, 5) is 0. The number of nitrogens with one attached hydrogen (secondary N) is 1. The number of hydrogen-bond donors (Lipinski definition) is 1. The molecule has 0 atom stereocenters. The summed E-state index contributed by atoms with van der Waals surface area (Å²) in [7, 11) is -3.18. The topological polar surface area (TPSA) is 46.2 Å². The number of sulfonamides is 1. The molecule has 0 aliphatic heterocycles. The quantitative estimate of drug-likeness (QED) is 0.911. The molecule has 0 heterocycles. The van der Waals surface area contributed by atoms with Gasteiger partial charge in [-0.25, -0.2) is 13.1 Å². The van der Waals surface area contributed by atoms with Crippen LogP contribution in [0.3, 0.4) is 0 Å². The molecule has 0 bridgehead atoms. The van der Waals surface area contributed by atoms with E-state index in [1.54, 1.807) is 25.1 Å². The second-order valence-corrected chi connectivity index (χ2v) is 5.97. The molecule has 6 heteroatoms. The molecule has 84 valence electrons. The monoisotopic (exact) mass is 267 g/mol. The maximum absolute atomic E-state index is 11.2. The zero-order chi connectivity index (χ0) is 11.5. The minimum atomic E-state index is -3.18. The van der Waals surface area contributed by atoms with Crippen LogP contribution >= 0.6 is 23.2 Å². The molecule has 1 aromatic rings. The molecule has 0 radical (unpaired) electrons. The van der Waals surface area contributed by atoms with E-state index in [-0.39, 0.29) is 12.3 Å². The zero-order valence-corrected chi connectivity index (χ0v) is 10.5. The minimum Gasteiger partial charge on any atom is -0.212 e. The van der Waals surface area contributed by atoms with Gasteiger partial charge in [0.2, 0.25) is 10.0 Å². The summed E-state index contributed by atoms with van der Waals surface area (Å²) in [5, 5.41) is 0.987. The molecule has 3 nitrogen and oxygen atoms in total. The molecule has 1 rings (SSSR count). The molecule has 0 aromatic heterocycles. The van der Waals surface area contributed by atoms with E-state index in [2.05, 4.69) is 4.72 Å². The standard InChI is InChI=1S/C9H11Cl2NO2S/c1-2-15(13,14)12-6-7-3-8(10)5-9(11)4-7/h3-5,12H,2,6H2,1H3. The maximum Gasteiger partial charge on any atom is 0.211 e. The van der Waals surface area contributed by atoms with Crippen molar-refractivity contribution in [2.45, 2.75) is 13.5 Å². The highest BCUT2D eigenvalue weighted by Gasteiger charge is 2.06. The van der Waals surface area contributed by atoms with Gasteiger partial charge in [0, 0.05) is 16.6 Å². The Bertz CT molecular complexity index is 425. The van der Waals surface area contributed by atoms with Crippen molar-refractivity contribution in [3.63, 3.8) is 0 Å². The highest BCUT2D eigenvalue weighted by Crippen LogP contribution is 2.18. The first-order valence-corrected chi connectivity index (χ1v) is 6.76. The fourth-order valence-corrected chi connectivity index (χ4v) is 2.17. The number of hydrogen-bond acceptors (Lipinski definition) is 2. The summed E-state index contributed by atoms with van der Waals surface area (Å²) < 4.78 is 24.8. The van der Waals surface area contributed by atoms with Gasteiger partial charge < -0.3 is 0 Å². The van der Waals surface area contributed by atoms with Crippen molar-refractivity contribution in [3.8, 4) is 0 Å². The van der Waals surface area contributed by atoms with Crippen LogP contribution in [0.2, 0.25) is 10.0 Å². The molecule has 0 aliphatic carbocycles. The van der Waals surface area contributed by atoms with Crippen molar-refractivity contribution in [3.05, 3.63) is 33.8 Å². The number of halogens is 2. The lowest BCUT2D eigenvalue weighted by Crippen LogP contribution is -2.24. The average molecular weight is 268 g/mol. The first-order valence-electron chi connectivity index (χ1n) is 4.35. The van der Waals surface area contributed by atoms with Crippen LogP contribution in [0.4, 0.5) is 0 Å². The third-order valence-electron chi connectivity index (χ3n) is 1.80. The Labute approximate surface area is 99.4 Å². The first kappa shape index (κ1) is 12.8. The van der Waals surface area contributed by atoms with Gasteiger partial charge in [-0.3, -0.25) is 0 Å². The van der Waals surface area contributed by atoms with E-state index in [0.717, 1.165) is 5.56 Å². The van der Waals surface area contributed by atoms with E-state index in [1.165, 1.54) is 0 Å². The van der Waals surface area contributed by atoms with Gasteiger partial charge in [-0.15, -0.1) is 0 Å². The first-order chi connectivity index (χ1) is 6.93. The smallest absolute Gasteiger partial charge is 0.211 e. The highest BCUT2D eigenvalue weighted by molar-refractivity contribution is 7.89. The van der Waals surface area contributed by atoms with Crippen molar-refractivity contribution in [2.75, 3.05) is 5.75 Å². The van der Waals surface area contributed by atoms with E-state index in [9.17, 15) is 8.42 Å². The Morgan fingerprint density at radius 2 is 1.73 bits per heavy atom. The summed E-state index contributed by atoms with van der Waals surface area (Å²) in [6.07, 6.45) is 0. The zero-order valence-electron chi connectivity index (χ0n) is 8.13. The molecule has 0 spiro atoms. The number of rotatable bonds is 4. The lowest BCUT2D eigenvalue weighted by atomic mass is 10.2. The van der Waals surface area contributed by atoms with E-state index in [1.807, 2.05) is 0 Å². The Morgan fingerprint density at radius 1 is 1.20 bits per heavy atom. The van der Waals surface area contributed by atoms with Gasteiger partial charge in [-0.05, 0) is 30.7 Å². The third-order valence-corrected chi connectivity index (χ3v) is 3.58. The van der Waals surface area contributed by atoms with Crippen LogP contribution in [0.15, 0.2) is 18.2 Å². The van der Waals surface area contributed by atoms with Gasteiger partial charge in [0.05, 0.1) is 5.75 Å². The van der Waals surface area contributed by atoms with Crippen molar-refractivity contribution in [1.82, 2.24) is 4.72 Å². The van der Waals surface area contributed by atoms with Gasteiger partial charge >= 0.3 is 0 Å². The molecule has 0 saturated carbocycles. The van der Waals surface area contributed by atoms with E-state index in [0.29, 0.717) is 10.0 Å². The molecule has 15 heavy (non-hydrogen) atoms. The van der Waals surface area contributed by atoms with Crippen LogP contribution in [0, 0.1) is 0 Å². The molecule has 0 fully saturated rings. The minimum absolute atomic E-state index is 0.0568. The fraction of sp³-hybridized carbons (Fsp3) is 0.333. The lowest BCUT2D eigenvalue weighted by Gasteiger charge is -2.05. The molecular formula is C9H11Cl2NO2S. The van der Waals surface area contributed by atoms with E-state index >= 15 is 0 Å². The van der Waals surface area contributed by atoms with Crippen LogP contribution < -0.4 is 4.72 Å². The predicted octanol–water partition coefficient (Wildman–Crippen LogP) is 2.43. The van der Waals surface area contributed by atoms with Crippen molar-refractivity contribution >= 4 is 33.2 Å². The highest BCUT2D eigenvalue weighted by atomic mass is 35.5. The van der Waals surface area contributed by atoms with Gasteiger partial charge in [0.1, 0.15) is 0 Å². The van der Waals surface area contributed by atoms with E-state index < -0.39 is 10.0 Å². The van der Waals surface area contributed by atoms with Crippen LogP contribution in [0.25, 0.3) is 0 Å². The van der Waals surface area contributed by atoms with Crippen molar-refractivity contribution in [2.24, 2.45) is 0 Å². The Hall–Kier alpha value is -0.290. The Kier molecular flexibility index (Phi) is 4.40. The van der Waals surface area contributed by atoms with Crippen LogP contribution in [0.5, 0.6) is 0 Å². The fourth-order valence-electron chi connectivity index (χ4n) is 1.01. The lowest BCUT2D eigenvalue weighted by molar-refractivity contribution is 0.582. The molecule has 1 aromatic carbocycles. The van der Waals surface area contributed by atoms with Crippen molar-refractivity contribution < 1.29 is 8.42 Å². The Morgan fingerprint density at radius 3 is 2.20 bits per heavy atom. The normalized spacial score (nSPS) is 11.7. The summed E-state index contributed by atoms with van der Waals surface area (Å²) >= 11 is 11.5. The molecule has 1 N–H and O–H groups in total. The van der Waals surface area contributed by atoms with Crippen LogP contribution in [0.1, 0.15) is 12.5 Å². The molecule has 0 saturated heterocycles. The molecular weight excluding hydrogens is 257 g/mol. The van der Waals surface area contributed by atoms with Crippen LogP contribution in [-0.4, -0.2) is 14.2 Å². The third kappa shape index (κ3) is 4.38. The van der Waals surface area contributed by atoms with Gasteiger partial charge in [-0.2, -0.15) is 0 Å². The van der Waals surface area contributed by atoms with E-state index in [4.69, 9.17) is 23.2 Å². The van der Waals surface area contributed by atoms with Gasteiger partial charge in [0.15, 0.2) is 0 Å². The molecule has 0 amide bonds. The van der Waals surface area contributed by atoms with Crippen LogP contribution in [-0.2, 0) is 16.6 Å². The Balaban J connectivity index is 2.74. The maximum atomic E-state index is 11.2. The summed E-state index contributed by atoms with van der Waals surface area (Å²) in [6, 6.07) is 4.94. The van der Waals surface area contributed by atoms with Gasteiger partial charge in [0.25, 0.3) is 0 Å². The predicted molar refractivity (Wildman–Crippen MR) is 62.8 cm³/mol.